The molecule has 4 nitrogen and oxygen atoms in total. The summed E-state index contributed by atoms with van der Waals surface area (Å²) in [6.45, 7) is 2.05. The first-order valence-corrected chi connectivity index (χ1v) is 7.03. The molecule has 1 unspecified atom stereocenters. The summed E-state index contributed by atoms with van der Waals surface area (Å²) < 4.78 is 5.64. The zero-order valence-corrected chi connectivity index (χ0v) is 12.0. The molecule has 0 bridgehead atoms. The molecule has 0 amide bonds. The molecule has 96 valence electrons. The SMILES string of the molecule is CCC(Br)c1nnc(-c2ccc3ccccc3n2)o1. The highest BCUT2D eigenvalue weighted by Crippen LogP contribution is 2.27. The van der Waals surface area contributed by atoms with Crippen LogP contribution in [0.3, 0.4) is 0 Å². The van der Waals surface area contributed by atoms with Gasteiger partial charge in [0, 0.05) is 5.39 Å². The Bertz CT molecular complexity index is 710. The third kappa shape index (κ3) is 2.38. The number of benzene rings is 1. The van der Waals surface area contributed by atoms with Crippen LogP contribution in [0.15, 0.2) is 40.8 Å². The summed E-state index contributed by atoms with van der Waals surface area (Å²) in [5.41, 5.74) is 1.62. The van der Waals surface area contributed by atoms with Crippen molar-refractivity contribution in [2.24, 2.45) is 0 Å². The number of aromatic nitrogens is 3. The summed E-state index contributed by atoms with van der Waals surface area (Å²) in [4.78, 5) is 4.62. The van der Waals surface area contributed by atoms with Gasteiger partial charge in [-0.25, -0.2) is 4.98 Å². The first-order chi connectivity index (χ1) is 9.28. The van der Waals surface area contributed by atoms with Crippen LogP contribution in [-0.2, 0) is 0 Å². The molecule has 3 rings (SSSR count). The lowest BCUT2D eigenvalue weighted by Crippen LogP contribution is -1.86. The molecular weight excluding hydrogens is 306 g/mol. The maximum Gasteiger partial charge on any atom is 0.266 e. The Morgan fingerprint density at radius 2 is 2.00 bits per heavy atom. The van der Waals surface area contributed by atoms with Gasteiger partial charge in [0.1, 0.15) is 5.69 Å². The molecule has 2 heterocycles. The molecule has 0 aliphatic carbocycles. The maximum absolute atomic E-state index is 5.64. The van der Waals surface area contributed by atoms with Crippen molar-refractivity contribution in [3.63, 3.8) is 0 Å². The van der Waals surface area contributed by atoms with Crippen LogP contribution in [0, 0.1) is 0 Å². The highest BCUT2D eigenvalue weighted by atomic mass is 79.9. The number of alkyl halides is 1. The molecule has 5 heteroatoms. The van der Waals surface area contributed by atoms with E-state index >= 15 is 0 Å². The lowest BCUT2D eigenvalue weighted by Gasteiger charge is -1.99. The monoisotopic (exact) mass is 317 g/mol. The molecule has 1 atom stereocenters. The van der Waals surface area contributed by atoms with Gasteiger partial charge in [-0.15, -0.1) is 10.2 Å². The number of halogens is 1. The van der Waals surface area contributed by atoms with Gasteiger partial charge < -0.3 is 4.42 Å². The number of pyridine rings is 1. The number of hydrogen-bond donors (Lipinski definition) is 0. The topological polar surface area (TPSA) is 51.8 Å². The number of fused-ring (bicyclic) bond motifs is 1. The molecule has 3 aromatic rings. The van der Waals surface area contributed by atoms with Crippen molar-refractivity contribution in [3.8, 4) is 11.6 Å². The molecule has 0 fully saturated rings. The van der Waals surface area contributed by atoms with Crippen molar-refractivity contribution in [2.45, 2.75) is 18.2 Å². The number of para-hydroxylation sites is 1. The van der Waals surface area contributed by atoms with E-state index < -0.39 is 0 Å². The van der Waals surface area contributed by atoms with Crippen LogP contribution >= 0.6 is 15.9 Å². The molecule has 0 N–H and O–H groups in total. The van der Waals surface area contributed by atoms with Crippen LogP contribution < -0.4 is 0 Å². The lowest BCUT2D eigenvalue weighted by atomic mass is 10.2. The second-order valence-electron chi connectivity index (χ2n) is 4.21. The Hall–Kier alpha value is -1.75. The smallest absolute Gasteiger partial charge is 0.266 e. The Kier molecular flexibility index (Phi) is 3.29. The van der Waals surface area contributed by atoms with E-state index in [0.29, 0.717) is 17.5 Å². The summed E-state index contributed by atoms with van der Waals surface area (Å²) in [6, 6.07) is 11.9. The fourth-order valence-electron chi connectivity index (χ4n) is 1.82. The van der Waals surface area contributed by atoms with Gasteiger partial charge in [0.15, 0.2) is 0 Å². The van der Waals surface area contributed by atoms with Crippen LogP contribution in [-0.4, -0.2) is 15.2 Å². The van der Waals surface area contributed by atoms with Crippen molar-refractivity contribution in [1.29, 1.82) is 0 Å². The molecule has 1 aromatic carbocycles. The Labute approximate surface area is 119 Å². The molecule has 0 spiro atoms. The van der Waals surface area contributed by atoms with Gasteiger partial charge in [-0.1, -0.05) is 47.1 Å². The third-order valence-electron chi connectivity index (χ3n) is 2.88. The average molecular weight is 318 g/mol. The largest absolute Gasteiger partial charge is 0.418 e. The molecule has 0 radical (unpaired) electrons. The van der Waals surface area contributed by atoms with Gasteiger partial charge >= 0.3 is 0 Å². The summed E-state index contributed by atoms with van der Waals surface area (Å²) in [5, 5.41) is 9.19. The lowest BCUT2D eigenvalue weighted by molar-refractivity contribution is 0.499. The second kappa shape index (κ2) is 5.09. The summed E-state index contributed by atoms with van der Waals surface area (Å²) in [5.74, 6) is 1.05. The minimum atomic E-state index is 0.0919. The van der Waals surface area contributed by atoms with Crippen molar-refractivity contribution < 1.29 is 4.42 Å². The van der Waals surface area contributed by atoms with E-state index in [0.717, 1.165) is 17.3 Å². The van der Waals surface area contributed by atoms with E-state index in [4.69, 9.17) is 4.42 Å². The number of hydrogen-bond acceptors (Lipinski definition) is 4. The Morgan fingerprint density at radius 3 is 2.84 bits per heavy atom. The normalized spacial score (nSPS) is 12.7. The van der Waals surface area contributed by atoms with Gasteiger partial charge in [0.25, 0.3) is 5.89 Å². The third-order valence-corrected chi connectivity index (χ3v) is 3.92. The fourth-order valence-corrected chi connectivity index (χ4v) is 2.01. The Morgan fingerprint density at radius 1 is 1.16 bits per heavy atom. The zero-order valence-electron chi connectivity index (χ0n) is 10.4. The molecule has 0 aliphatic heterocycles. The first-order valence-electron chi connectivity index (χ1n) is 6.11. The number of nitrogens with zero attached hydrogens (tertiary/aromatic N) is 3. The molecule has 2 aromatic heterocycles. The van der Waals surface area contributed by atoms with E-state index in [1.165, 1.54) is 0 Å². The van der Waals surface area contributed by atoms with E-state index in [2.05, 4.69) is 38.0 Å². The predicted molar refractivity (Wildman–Crippen MR) is 77.0 cm³/mol. The summed E-state index contributed by atoms with van der Waals surface area (Å²) in [6.07, 6.45) is 0.896. The molecular formula is C14H12BrN3O. The van der Waals surface area contributed by atoms with Crippen LogP contribution in [0.2, 0.25) is 0 Å². The zero-order chi connectivity index (χ0) is 13.2. The van der Waals surface area contributed by atoms with Crippen LogP contribution in [0.4, 0.5) is 0 Å². The minimum Gasteiger partial charge on any atom is -0.418 e. The highest BCUT2D eigenvalue weighted by molar-refractivity contribution is 9.09. The van der Waals surface area contributed by atoms with Crippen LogP contribution in [0.25, 0.3) is 22.5 Å². The van der Waals surface area contributed by atoms with Crippen molar-refractivity contribution >= 4 is 26.8 Å². The Balaban J connectivity index is 2.01. The quantitative estimate of drug-likeness (QED) is 0.681. The maximum atomic E-state index is 5.64. The molecule has 0 saturated heterocycles. The van der Waals surface area contributed by atoms with Gasteiger partial charge in [-0.05, 0) is 18.6 Å². The van der Waals surface area contributed by atoms with Crippen molar-refractivity contribution in [2.75, 3.05) is 0 Å². The second-order valence-corrected chi connectivity index (χ2v) is 5.32. The van der Waals surface area contributed by atoms with E-state index in [9.17, 15) is 0 Å². The van der Waals surface area contributed by atoms with Crippen molar-refractivity contribution in [3.05, 3.63) is 42.3 Å². The van der Waals surface area contributed by atoms with E-state index in [-0.39, 0.29) is 4.83 Å². The fraction of sp³-hybridized carbons (Fsp3) is 0.214. The average Bonchev–Trinajstić information content (AvgIpc) is 2.95. The molecule has 19 heavy (non-hydrogen) atoms. The van der Waals surface area contributed by atoms with Gasteiger partial charge in [-0.2, -0.15) is 0 Å². The molecule has 0 aliphatic rings. The predicted octanol–water partition coefficient (Wildman–Crippen LogP) is 4.13. The van der Waals surface area contributed by atoms with Crippen molar-refractivity contribution in [1.82, 2.24) is 15.2 Å². The standard InChI is InChI=1S/C14H12BrN3O/c1-2-10(15)13-17-18-14(19-13)12-8-7-9-5-3-4-6-11(9)16-12/h3-8,10H,2H2,1H3. The van der Waals surface area contributed by atoms with E-state index in [1.54, 1.807) is 0 Å². The van der Waals surface area contributed by atoms with Crippen LogP contribution in [0.1, 0.15) is 24.1 Å². The van der Waals surface area contributed by atoms with Crippen LogP contribution in [0.5, 0.6) is 0 Å². The summed E-state index contributed by atoms with van der Waals surface area (Å²) >= 11 is 3.49. The van der Waals surface area contributed by atoms with E-state index in [1.807, 2.05) is 36.4 Å². The highest BCUT2D eigenvalue weighted by Gasteiger charge is 2.15. The molecule has 0 saturated carbocycles. The first kappa shape index (κ1) is 12.3. The number of rotatable bonds is 3. The summed E-state index contributed by atoms with van der Waals surface area (Å²) in [7, 11) is 0. The van der Waals surface area contributed by atoms with Gasteiger partial charge in [-0.3, -0.25) is 0 Å². The van der Waals surface area contributed by atoms with Gasteiger partial charge in [0.2, 0.25) is 5.89 Å². The minimum absolute atomic E-state index is 0.0919. The van der Waals surface area contributed by atoms with Gasteiger partial charge in [0.05, 0.1) is 10.3 Å².